The average molecular weight is 455 g/mol. The highest BCUT2D eigenvalue weighted by Crippen LogP contribution is 2.39. The van der Waals surface area contributed by atoms with Crippen molar-refractivity contribution >= 4 is 11.6 Å². The molecule has 8 heteroatoms. The van der Waals surface area contributed by atoms with E-state index in [0.29, 0.717) is 29.7 Å². The number of nitrogens with one attached hydrogen (secondary N) is 1. The molecule has 1 aliphatic carbocycles. The monoisotopic (exact) mass is 454 g/mol. The van der Waals surface area contributed by atoms with Crippen LogP contribution >= 0.6 is 0 Å². The topological polar surface area (TPSA) is 94.8 Å². The Morgan fingerprint density at radius 3 is 2.76 bits per heavy atom. The van der Waals surface area contributed by atoms with Crippen molar-refractivity contribution in [3.05, 3.63) is 78.6 Å². The van der Waals surface area contributed by atoms with Crippen LogP contribution in [0.25, 0.3) is 22.5 Å². The summed E-state index contributed by atoms with van der Waals surface area (Å²) in [7, 11) is 1.67. The highest BCUT2D eigenvalue weighted by molar-refractivity contribution is 6.03. The Morgan fingerprint density at radius 1 is 1.12 bits per heavy atom. The van der Waals surface area contributed by atoms with Gasteiger partial charge in [-0.2, -0.15) is 0 Å². The highest BCUT2D eigenvalue weighted by atomic mass is 16.5. The minimum absolute atomic E-state index is 0.0769. The van der Waals surface area contributed by atoms with E-state index in [1.54, 1.807) is 25.7 Å². The van der Waals surface area contributed by atoms with Gasteiger partial charge in [-0.25, -0.2) is 0 Å². The zero-order valence-electron chi connectivity index (χ0n) is 19.2. The molecule has 1 amide bonds. The minimum Gasteiger partial charge on any atom is -0.383 e. The van der Waals surface area contributed by atoms with Crippen molar-refractivity contribution in [2.24, 2.45) is 0 Å². The molecule has 0 radical (unpaired) electrons. The van der Waals surface area contributed by atoms with Crippen molar-refractivity contribution in [3.63, 3.8) is 0 Å². The quantitative estimate of drug-likeness (QED) is 0.413. The highest BCUT2D eigenvalue weighted by Gasteiger charge is 2.24. The van der Waals surface area contributed by atoms with Crippen LogP contribution in [0.15, 0.2) is 67.3 Å². The second-order valence-electron chi connectivity index (χ2n) is 8.58. The molecule has 1 N–H and O–H groups in total. The Labute approximate surface area is 198 Å². The molecule has 1 atom stereocenters. The Kier molecular flexibility index (Phi) is 6.14. The smallest absolute Gasteiger partial charge is 0.274 e. The Balaban J connectivity index is 1.33. The number of amides is 1. The predicted molar refractivity (Wildman–Crippen MR) is 129 cm³/mol. The van der Waals surface area contributed by atoms with Crippen LogP contribution in [-0.4, -0.2) is 44.4 Å². The second-order valence-corrected chi connectivity index (χ2v) is 8.58. The van der Waals surface area contributed by atoms with Gasteiger partial charge in [0.15, 0.2) is 5.82 Å². The molecule has 3 aromatic heterocycles. The molecule has 1 fully saturated rings. The van der Waals surface area contributed by atoms with Gasteiger partial charge in [0.05, 0.1) is 12.6 Å². The third kappa shape index (κ3) is 4.72. The van der Waals surface area contributed by atoms with Crippen LogP contribution in [0.2, 0.25) is 0 Å². The average Bonchev–Trinajstić information content (AvgIpc) is 3.60. The molecule has 1 unspecified atom stereocenters. The lowest BCUT2D eigenvalue weighted by atomic mass is 10.1. The minimum atomic E-state index is -0.282. The molecule has 172 valence electrons. The van der Waals surface area contributed by atoms with Gasteiger partial charge in [0, 0.05) is 47.9 Å². The van der Waals surface area contributed by atoms with Crippen LogP contribution in [0.5, 0.6) is 0 Å². The molecule has 0 aliphatic heterocycles. The zero-order valence-corrected chi connectivity index (χ0v) is 19.2. The number of anilines is 1. The lowest BCUT2D eigenvalue weighted by Gasteiger charge is -2.15. The van der Waals surface area contributed by atoms with Crippen molar-refractivity contribution in [3.8, 4) is 22.5 Å². The van der Waals surface area contributed by atoms with Crippen LogP contribution in [0, 0.1) is 0 Å². The molecular weight excluding hydrogens is 428 g/mol. The predicted octanol–water partition coefficient (Wildman–Crippen LogP) is 4.74. The van der Waals surface area contributed by atoms with Crippen LogP contribution in [-0.2, 0) is 4.74 Å². The summed E-state index contributed by atoms with van der Waals surface area (Å²) in [5, 5.41) is 11.3. The van der Waals surface area contributed by atoms with Crippen molar-refractivity contribution in [1.82, 2.24) is 24.7 Å². The van der Waals surface area contributed by atoms with Crippen molar-refractivity contribution in [2.45, 2.75) is 31.7 Å². The maximum absolute atomic E-state index is 13.0. The molecule has 34 heavy (non-hydrogen) atoms. The van der Waals surface area contributed by atoms with Crippen molar-refractivity contribution in [2.75, 3.05) is 19.0 Å². The van der Waals surface area contributed by atoms with Crippen LogP contribution in [0.3, 0.4) is 0 Å². The number of aromatic nitrogens is 5. The van der Waals surface area contributed by atoms with E-state index in [2.05, 4.69) is 37.6 Å². The van der Waals surface area contributed by atoms with E-state index < -0.39 is 0 Å². The number of nitrogens with zero attached hydrogens (tertiary/aromatic N) is 5. The molecule has 0 spiro atoms. The van der Waals surface area contributed by atoms with Gasteiger partial charge >= 0.3 is 0 Å². The van der Waals surface area contributed by atoms with Gasteiger partial charge in [0.1, 0.15) is 12.0 Å². The van der Waals surface area contributed by atoms with Gasteiger partial charge in [-0.15, -0.1) is 10.2 Å². The second kappa shape index (κ2) is 9.52. The first-order valence-electron chi connectivity index (χ1n) is 11.3. The number of benzene rings is 1. The lowest BCUT2D eigenvalue weighted by Crippen LogP contribution is -2.14. The molecule has 1 aliphatic rings. The van der Waals surface area contributed by atoms with E-state index in [-0.39, 0.29) is 11.9 Å². The van der Waals surface area contributed by atoms with Gasteiger partial charge in [-0.05, 0) is 55.7 Å². The fraction of sp³-hybridized carbons (Fsp3) is 0.269. The Morgan fingerprint density at radius 2 is 2.00 bits per heavy atom. The van der Waals surface area contributed by atoms with Gasteiger partial charge < -0.3 is 14.6 Å². The standard InChI is InChI=1S/C26H26N6O2/c1-17(15-34-2)32-16-29-31-25(32)20-4-3-5-22(12-20)30-26(33)24-13-19(10-11-27-24)21-8-9-23(28-14-21)18-6-7-18/h3-5,8-14,16-18H,6-7,15H2,1-2H3,(H,30,33). The molecule has 8 nitrogen and oxygen atoms in total. The molecule has 0 bridgehead atoms. The van der Waals surface area contributed by atoms with Crippen LogP contribution in [0.1, 0.15) is 47.9 Å². The summed E-state index contributed by atoms with van der Waals surface area (Å²) in [5.74, 6) is 1.04. The third-order valence-electron chi connectivity index (χ3n) is 5.94. The van der Waals surface area contributed by atoms with E-state index >= 15 is 0 Å². The Bertz CT molecular complexity index is 1300. The fourth-order valence-electron chi connectivity index (χ4n) is 3.96. The van der Waals surface area contributed by atoms with Crippen LogP contribution < -0.4 is 5.32 Å². The van der Waals surface area contributed by atoms with E-state index in [1.807, 2.05) is 48.0 Å². The van der Waals surface area contributed by atoms with Gasteiger partial charge in [0.25, 0.3) is 5.91 Å². The normalized spacial score (nSPS) is 14.1. The first-order chi connectivity index (χ1) is 16.6. The first kappa shape index (κ1) is 21.9. The summed E-state index contributed by atoms with van der Waals surface area (Å²) in [6.45, 7) is 2.58. The molecular formula is C26H26N6O2. The Hall–Kier alpha value is -3.91. The molecule has 0 saturated heterocycles. The van der Waals surface area contributed by atoms with Gasteiger partial charge in [-0.3, -0.25) is 14.8 Å². The number of hydrogen-bond donors (Lipinski definition) is 1. The number of methoxy groups -OCH3 is 1. The molecule has 5 rings (SSSR count). The van der Waals surface area contributed by atoms with Crippen LogP contribution in [0.4, 0.5) is 5.69 Å². The number of rotatable bonds is 8. The molecule has 4 aromatic rings. The maximum Gasteiger partial charge on any atom is 0.274 e. The number of carbonyl (C=O) groups is 1. The zero-order chi connectivity index (χ0) is 23.5. The summed E-state index contributed by atoms with van der Waals surface area (Å²) in [6, 6.07) is 15.4. The number of ether oxygens (including phenoxy) is 1. The van der Waals surface area contributed by atoms with E-state index in [4.69, 9.17) is 4.74 Å². The fourth-order valence-corrected chi connectivity index (χ4v) is 3.96. The summed E-state index contributed by atoms with van der Waals surface area (Å²) in [6.07, 6.45) is 7.64. The maximum atomic E-state index is 13.0. The summed E-state index contributed by atoms with van der Waals surface area (Å²) in [5.41, 5.74) is 4.85. The number of carbonyl (C=O) groups excluding carboxylic acids is 1. The van der Waals surface area contributed by atoms with Crippen molar-refractivity contribution in [1.29, 1.82) is 0 Å². The first-order valence-corrected chi connectivity index (χ1v) is 11.3. The van der Waals surface area contributed by atoms with Gasteiger partial charge in [0.2, 0.25) is 0 Å². The number of hydrogen-bond acceptors (Lipinski definition) is 6. The molecule has 3 heterocycles. The van der Waals surface area contributed by atoms with Gasteiger partial charge in [-0.1, -0.05) is 18.2 Å². The lowest BCUT2D eigenvalue weighted by molar-refractivity contribution is 0.102. The number of pyridine rings is 2. The van der Waals surface area contributed by atoms with E-state index in [1.165, 1.54) is 12.8 Å². The van der Waals surface area contributed by atoms with E-state index in [9.17, 15) is 4.79 Å². The third-order valence-corrected chi connectivity index (χ3v) is 5.94. The van der Waals surface area contributed by atoms with Crippen molar-refractivity contribution < 1.29 is 9.53 Å². The molecule has 1 saturated carbocycles. The largest absolute Gasteiger partial charge is 0.383 e. The summed E-state index contributed by atoms with van der Waals surface area (Å²) >= 11 is 0. The summed E-state index contributed by atoms with van der Waals surface area (Å²) in [4.78, 5) is 21.8. The SMILES string of the molecule is COCC(C)n1cnnc1-c1cccc(NC(=O)c2cc(-c3ccc(C4CC4)nc3)ccn2)c1. The molecule has 1 aromatic carbocycles. The summed E-state index contributed by atoms with van der Waals surface area (Å²) < 4.78 is 7.22. The van der Waals surface area contributed by atoms with E-state index in [0.717, 1.165) is 22.4 Å².